The molecular formula is C13H15N3O3. The number of aromatic nitrogens is 3. The molecule has 1 aliphatic rings. The number of hydrogen-bond acceptors (Lipinski definition) is 4. The van der Waals surface area contributed by atoms with Crippen LogP contribution >= 0.6 is 0 Å². The van der Waals surface area contributed by atoms with E-state index in [9.17, 15) is 9.59 Å². The number of ether oxygens (including phenoxy) is 1. The van der Waals surface area contributed by atoms with E-state index in [0.717, 1.165) is 12.8 Å². The predicted molar refractivity (Wildman–Crippen MR) is 70.2 cm³/mol. The van der Waals surface area contributed by atoms with Crippen LogP contribution in [0.1, 0.15) is 12.8 Å². The molecule has 0 amide bonds. The lowest BCUT2D eigenvalue weighted by atomic mass is 10.0. The molecule has 0 aromatic carbocycles. The monoisotopic (exact) mass is 261 g/mol. The third kappa shape index (κ3) is 2.31. The van der Waals surface area contributed by atoms with E-state index in [1.807, 2.05) is 0 Å². The van der Waals surface area contributed by atoms with Crippen molar-refractivity contribution < 1.29 is 4.74 Å². The minimum absolute atomic E-state index is 0.314. The Balaban J connectivity index is 2.03. The van der Waals surface area contributed by atoms with Crippen molar-refractivity contribution in [1.29, 1.82) is 0 Å². The van der Waals surface area contributed by atoms with Crippen LogP contribution in [0.3, 0.4) is 0 Å². The van der Waals surface area contributed by atoms with Gasteiger partial charge < -0.3 is 9.72 Å². The fourth-order valence-electron chi connectivity index (χ4n) is 2.43. The standard InChI is InChI=1S/C13H15N3O3/c17-12-11-10(2-1-5-14-11)15-13(18)16(12)8-9-3-6-19-7-4-9/h1-2,5,9H,3-4,6-8H2,(H,15,18). The molecule has 0 aliphatic carbocycles. The normalized spacial score (nSPS) is 16.8. The zero-order valence-corrected chi connectivity index (χ0v) is 10.5. The first-order chi connectivity index (χ1) is 9.25. The zero-order valence-electron chi connectivity index (χ0n) is 10.5. The fraction of sp³-hybridized carbons (Fsp3) is 0.462. The van der Waals surface area contributed by atoms with Crippen LogP contribution in [0.5, 0.6) is 0 Å². The highest BCUT2D eigenvalue weighted by Gasteiger charge is 2.17. The van der Waals surface area contributed by atoms with Gasteiger partial charge in [0.25, 0.3) is 5.56 Å². The zero-order chi connectivity index (χ0) is 13.2. The van der Waals surface area contributed by atoms with Gasteiger partial charge in [0, 0.05) is 26.0 Å². The fourth-order valence-corrected chi connectivity index (χ4v) is 2.43. The van der Waals surface area contributed by atoms with E-state index < -0.39 is 0 Å². The summed E-state index contributed by atoms with van der Waals surface area (Å²) in [4.78, 5) is 31.0. The molecule has 6 nitrogen and oxygen atoms in total. The van der Waals surface area contributed by atoms with Crippen molar-refractivity contribution in [1.82, 2.24) is 14.5 Å². The molecule has 0 saturated carbocycles. The number of rotatable bonds is 2. The van der Waals surface area contributed by atoms with Gasteiger partial charge in [-0.25, -0.2) is 9.78 Å². The Morgan fingerprint density at radius 3 is 2.95 bits per heavy atom. The SMILES string of the molecule is O=c1[nH]c2cccnc2c(=O)n1CC1CCOCC1. The number of hydrogen-bond donors (Lipinski definition) is 1. The molecule has 1 N–H and O–H groups in total. The van der Waals surface area contributed by atoms with Crippen LogP contribution in [0.15, 0.2) is 27.9 Å². The molecule has 1 aliphatic heterocycles. The number of aromatic amines is 1. The summed E-state index contributed by atoms with van der Waals surface area (Å²) < 4.78 is 6.54. The minimum atomic E-state index is -0.364. The van der Waals surface area contributed by atoms with E-state index in [1.54, 1.807) is 18.3 Å². The van der Waals surface area contributed by atoms with E-state index in [-0.39, 0.29) is 11.2 Å². The molecule has 1 saturated heterocycles. The molecule has 0 unspecified atom stereocenters. The molecule has 2 aromatic heterocycles. The lowest BCUT2D eigenvalue weighted by molar-refractivity contribution is 0.0606. The smallest absolute Gasteiger partial charge is 0.328 e. The third-order valence-corrected chi connectivity index (χ3v) is 3.52. The number of nitrogens with zero attached hydrogens (tertiary/aromatic N) is 2. The molecule has 100 valence electrons. The molecule has 3 rings (SSSR count). The molecule has 2 aromatic rings. The van der Waals surface area contributed by atoms with Gasteiger partial charge in [0.05, 0.1) is 5.52 Å². The van der Waals surface area contributed by atoms with Crippen molar-refractivity contribution in [3.8, 4) is 0 Å². The molecule has 0 spiro atoms. The maximum atomic E-state index is 12.3. The summed E-state index contributed by atoms with van der Waals surface area (Å²) >= 11 is 0. The topological polar surface area (TPSA) is 77.0 Å². The second-order valence-electron chi connectivity index (χ2n) is 4.80. The van der Waals surface area contributed by atoms with Gasteiger partial charge in [-0.2, -0.15) is 0 Å². The van der Waals surface area contributed by atoms with Crippen LogP contribution in [-0.2, 0) is 11.3 Å². The summed E-state index contributed by atoms with van der Waals surface area (Å²) in [7, 11) is 0. The highest BCUT2D eigenvalue weighted by atomic mass is 16.5. The second kappa shape index (κ2) is 4.97. The Morgan fingerprint density at radius 2 is 2.16 bits per heavy atom. The second-order valence-corrected chi connectivity index (χ2v) is 4.80. The van der Waals surface area contributed by atoms with Crippen LogP contribution < -0.4 is 11.2 Å². The van der Waals surface area contributed by atoms with Gasteiger partial charge in [-0.1, -0.05) is 0 Å². The molecule has 1 fully saturated rings. The van der Waals surface area contributed by atoms with Crippen LogP contribution in [0, 0.1) is 5.92 Å². The van der Waals surface area contributed by atoms with E-state index in [1.165, 1.54) is 4.57 Å². The first-order valence-electron chi connectivity index (χ1n) is 6.41. The van der Waals surface area contributed by atoms with Gasteiger partial charge in [0.15, 0.2) is 5.52 Å². The number of fused-ring (bicyclic) bond motifs is 1. The number of nitrogens with one attached hydrogen (secondary N) is 1. The van der Waals surface area contributed by atoms with E-state index >= 15 is 0 Å². The van der Waals surface area contributed by atoms with E-state index in [2.05, 4.69) is 9.97 Å². The van der Waals surface area contributed by atoms with Crippen LogP contribution in [0.4, 0.5) is 0 Å². The lowest BCUT2D eigenvalue weighted by Gasteiger charge is -2.22. The van der Waals surface area contributed by atoms with E-state index in [4.69, 9.17) is 4.74 Å². The maximum absolute atomic E-state index is 12.3. The van der Waals surface area contributed by atoms with Crippen molar-refractivity contribution in [2.75, 3.05) is 13.2 Å². The summed E-state index contributed by atoms with van der Waals surface area (Å²) in [5.74, 6) is 0.314. The predicted octanol–water partition coefficient (Wildman–Crippen LogP) is 0.511. The van der Waals surface area contributed by atoms with Gasteiger partial charge >= 0.3 is 5.69 Å². The first kappa shape index (κ1) is 12.1. The van der Waals surface area contributed by atoms with Crippen molar-refractivity contribution in [2.45, 2.75) is 19.4 Å². The summed E-state index contributed by atoms with van der Waals surface area (Å²) in [5, 5.41) is 0. The highest BCUT2D eigenvalue weighted by Crippen LogP contribution is 2.15. The molecule has 6 heteroatoms. The van der Waals surface area contributed by atoms with Crippen LogP contribution in [-0.4, -0.2) is 27.7 Å². The summed E-state index contributed by atoms with van der Waals surface area (Å²) in [6.45, 7) is 1.83. The van der Waals surface area contributed by atoms with Crippen LogP contribution in [0.25, 0.3) is 11.0 Å². The molecule has 3 heterocycles. The largest absolute Gasteiger partial charge is 0.381 e. The van der Waals surface area contributed by atoms with Gasteiger partial charge in [0.1, 0.15) is 0 Å². The van der Waals surface area contributed by atoms with Gasteiger partial charge in [-0.15, -0.1) is 0 Å². The Bertz CT molecular complexity index is 698. The summed E-state index contributed by atoms with van der Waals surface area (Å²) in [6, 6.07) is 3.38. The molecular weight excluding hydrogens is 246 g/mol. The molecule has 19 heavy (non-hydrogen) atoms. The molecule has 0 bridgehead atoms. The Kier molecular flexibility index (Phi) is 3.16. The van der Waals surface area contributed by atoms with Gasteiger partial charge in [-0.3, -0.25) is 9.36 Å². The lowest BCUT2D eigenvalue weighted by Crippen LogP contribution is -2.38. The van der Waals surface area contributed by atoms with E-state index in [0.29, 0.717) is 36.7 Å². The van der Waals surface area contributed by atoms with Crippen LogP contribution in [0.2, 0.25) is 0 Å². The highest BCUT2D eigenvalue weighted by molar-refractivity contribution is 5.71. The maximum Gasteiger partial charge on any atom is 0.328 e. The number of pyridine rings is 1. The summed E-state index contributed by atoms with van der Waals surface area (Å²) in [6.07, 6.45) is 3.32. The van der Waals surface area contributed by atoms with Crippen molar-refractivity contribution in [2.24, 2.45) is 5.92 Å². The van der Waals surface area contributed by atoms with Crippen molar-refractivity contribution in [3.63, 3.8) is 0 Å². The van der Waals surface area contributed by atoms with Gasteiger partial charge in [0.2, 0.25) is 0 Å². The molecule has 0 atom stereocenters. The summed E-state index contributed by atoms with van der Waals surface area (Å²) in [5.41, 5.74) is 0.123. The Hall–Kier alpha value is -1.95. The average molecular weight is 261 g/mol. The van der Waals surface area contributed by atoms with Gasteiger partial charge in [-0.05, 0) is 30.9 Å². The van der Waals surface area contributed by atoms with Crippen molar-refractivity contribution >= 4 is 11.0 Å². The minimum Gasteiger partial charge on any atom is -0.381 e. The average Bonchev–Trinajstić information content (AvgIpc) is 2.45. The van der Waals surface area contributed by atoms with Crippen molar-refractivity contribution in [3.05, 3.63) is 39.2 Å². The first-order valence-corrected chi connectivity index (χ1v) is 6.41. The third-order valence-electron chi connectivity index (χ3n) is 3.52. The number of H-pyrrole nitrogens is 1. The molecule has 0 radical (unpaired) electrons. The Labute approximate surface area is 109 Å². The quantitative estimate of drug-likeness (QED) is 0.854. The Morgan fingerprint density at radius 1 is 1.37 bits per heavy atom.